The van der Waals surface area contributed by atoms with Gasteiger partial charge in [-0.1, -0.05) is 37.1 Å². The van der Waals surface area contributed by atoms with Crippen LogP contribution in [0.1, 0.15) is 36.8 Å². The first kappa shape index (κ1) is 21.6. The Labute approximate surface area is 183 Å². The number of ether oxygens (including phenoxy) is 2. The molecule has 0 aliphatic carbocycles. The molecule has 1 saturated heterocycles. The summed E-state index contributed by atoms with van der Waals surface area (Å²) in [7, 11) is -3.72. The van der Waals surface area contributed by atoms with Gasteiger partial charge in [-0.25, -0.2) is 13.1 Å². The third kappa shape index (κ3) is 5.02. The molecular weight excluding hydrogens is 416 g/mol. The molecule has 8 heteroatoms. The molecule has 0 spiro atoms. The minimum atomic E-state index is -3.72. The van der Waals surface area contributed by atoms with Crippen LogP contribution in [-0.2, 0) is 21.4 Å². The smallest absolute Gasteiger partial charge is 0.267 e. The van der Waals surface area contributed by atoms with E-state index >= 15 is 0 Å². The second-order valence-electron chi connectivity index (χ2n) is 8.02. The zero-order valence-corrected chi connectivity index (χ0v) is 18.5. The van der Waals surface area contributed by atoms with E-state index in [2.05, 4.69) is 4.72 Å². The van der Waals surface area contributed by atoms with Gasteiger partial charge in [-0.3, -0.25) is 4.79 Å². The quantitative estimate of drug-likeness (QED) is 0.766. The second-order valence-corrected chi connectivity index (χ2v) is 9.78. The third-order valence-corrected chi connectivity index (χ3v) is 7.19. The molecule has 0 saturated carbocycles. The van der Waals surface area contributed by atoms with Crippen molar-refractivity contribution in [1.29, 1.82) is 0 Å². The van der Waals surface area contributed by atoms with Gasteiger partial charge in [0.15, 0.2) is 11.5 Å². The van der Waals surface area contributed by atoms with E-state index in [1.165, 1.54) is 12.1 Å². The standard InChI is InChI=1S/C23H28N2O5S/c1-17-8-4-5-9-18(17)15-24-31(27,28)19-10-11-20-21(14-19)29-16-22(30-20)23(26)25-12-6-2-3-7-13-25/h4-5,8-11,14,22,24H,2-3,6-7,12-13,15-16H2,1H3. The average Bonchev–Trinajstić information content (AvgIpc) is 3.07. The van der Waals surface area contributed by atoms with Gasteiger partial charge < -0.3 is 14.4 Å². The molecule has 2 aromatic rings. The Morgan fingerprint density at radius 1 is 1.06 bits per heavy atom. The van der Waals surface area contributed by atoms with Gasteiger partial charge in [0.05, 0.1) is 4.90 Å². The molecule has 1 atom stereocenters. The monoisotopic (exact) mass is 444 g/mol. The van der Waals surface area contributed by atoms with Crippen LogP contribution in [0.25, 0.3) is 0 Å². The molecule has 1 unspecified atom stereocenters. The van der Waals surface area contributed by atoms with E-state index < -0.39 is 16.1 Å². The molecule has 31 heavy (non-hydrogen) atoms. The van der Waals surface area contributed by atoms with Gasteiger partial charge in [0.1, 0.15) is 6.61 Å². The lowest BCUT2D eigenvalue weighted by atomic mass is 10.1. The fourth-order valence-corrected chi connectivity index (χ4v) is 4.92. The number of nitrogens with one attached hydrogen (secondary N) is 1. The molecule has 0 aromatic heterocycles. The van der Waals surface area contributed by atoms with Crippen molar-refractivity contribution < 1.29 is 22.7 Å². The highest BCUT2D eigenvalue weighted by molar-refractivity contribution is 7.89. The Bertz CT molecular complexity index is 1050. The molecule has 4 rings (SSSR count). The second kappa shape index (κ2) is 9.28. The maximum absolute atomic E-state index is 12.8. The molecule has 1 fully saturated rings. The lowest BCUT2D eigenvalue weighted by molar-refractivity contribution is -0.141. The van der Waals surface area contributed by atoms with Crippen LogP contribution in [0.15, 0.2) is 47.4 Å². The number of hydrogen-bond donors (Lipinski definition) is 1. The number of aryl methyl sites for hydroxylation is 1. The van der Waals surface area contributed by atoms with Crippen molar-refractivity contribution in [2.24, 2.45) is 0 Å². The summed E-state index contributed by atoms with van der Waals surface area (Å²) in [5.74, 6) is 0.653. The van der Waals surface area contributed by atoms with Crippen LogP contribution in [0.3, 0.4) is 0 Å². The Hall–Kier alpha value is -2.58. The number of carbonyl (C=O) groups is 1. The largest absolute Gasteiger partial charge is 0.485 e. The van der Waals surface area contributed by atoms with E-state index in [1.807, 2.05) is 36.1 Å². The predicted octanol–water partition coefficient (Wildman–Crippen LogP) is 3.02. The summed E-state index contributed by atoms with van der Waals surface area (Å²) in [4.78, 5) is 14.7. The first-order chi connectivity index (χ1) is 14.9. The number of hydrogen-bond acceptors (Lipinski definition) is 5. The van der Waals surface area contributed by atoms with Gasteiger partial charge in [0, 0.05) is 25.7 Å². The van der Waals surface area contributed by atoms with E-state index in [0.717, 1.165) is 49.9 Å². The Balaban J connectivity index is 1.43. The van der Waals surface area contributed by atoms with Crippen LogP contribution in [0.4, 0.5) is 0 Å². The average molecular weight is 445 g/mol. The van der Waals surface area contributed by atoms with Crippen molar-refractivity contribution in [3.8, 4) is 11.5 Å². The van der Waals surface area contributed by atoms with Gasteiger partial charge in [-0.05, 0) is 43.0 Å². The van der Waals surface area contributed by atoms with Crippen molar-refractivity contribution in [2.45, 2.75) is 50.2 Å². The molecule has 2 heterocycles. The molecule has 0 radical (unpaired) electrons. The summed E-state index contributed by atoms with van der Waals surface area (Å²) in [5, 5.41) is 0. The van der Waals surface area contributed by atoms with Crippen LogP contribution in [0, 0.1) is 6.92 Å². The lowest BCUT2D eigenvalue weighted by Gasteiger charge is -2.30. The SMILES string of the molecule is Cc1ccccc1CNS(=O)(=O)c1ccc2c(c1)OCC(C(=O)N1CCCCCC1)O2. The Kier molecular flexibility index (Phi) is 6.48. The molecular formula is C23H28N2O5S. The molecule has 0 bridgehead atoms. The molecule has 2 aliphatic rings. The zero-order valence-electron chi connectivity index (χ0n) is 17.7. The number of likely N-dealkylation sites (tertiary alicyclic amines) is 1. The molecule has 1 N–H and O–H groups in total. The third-order valence-electron chi connectivity index (χ3n) is 5.79. The number of amides is 1. The van der Waals surface area contributed by atoms with Crippen molar-refractivity contribution in [2.75, 3.05) is 19.7 Å². The summed E-state index contributed by atoms with van der Waals surface area (Å²) in [6, 6.07) is 12.1. The highest BCUT2D eigenvalue weighted by Gasteiger charge is 2.32. The van der Waals surface area contributed by atoms with E-state index in [9.17, 15) is 13.2 Å². The van der Waals surface area contributed by atoms with Crippen LogP contribution in [0.5, 0.6) is 11.5 Å². The molecule has 7 nitrogen and oxygen atoms in total. The minimum Gasteiger partial charge on any atom is -0.485 e. The fraction of sp³-hybridized carbons (Fsp3) is 0.435. The number of benzene rings is 2. The molecule has 1 amide bonds. The summed E-state index contributed by atoms with van der Waals surface area (Å²) in [6.07, 6.45) is 3.60. The summed E-state index contributed by atoms with van der Waals surface area (Å²) < 4.78 is 39.7. The van der Waals surface area contributed by atoms with Crippen LogP contribution < -0.4 is 14.2 Å². The molecule has 166 valence electrons. The number of nitrogens with zero attached hydrogens (tertiary/aromatic N) is 1. The zero-order chi connectivity index (χ0) is 21.8. The molecule has 2 aromatic carbocycles. The number of rotatable bonds is 5. The van der Waals surface area contributed by atoms with Crippen LogP contribution in [0.2, 0.25) is 0 Å². The highest BCUT2D eigenvalue weighted by Crippen LogP contribution is 2.34. The summed E-state index contributed by atoms with van der Waals surface area (Å²) in [6.45, 7) is 3.71. The first-order valence-electron chi connectivity index (χ1n) is 10.7. The number of fused-ring (bicyclic) bond motifs is 1. The van der Waals surface area contributed by atoms with Gasteiger partial charge in [-0.2, -0.15) is 0 Å². The van der Waals surface area contributed by atoms with Crippen molar-refractivity contribution in [3.63, 3.8) is 0 Å². The van der Waals surface area contributed by atoms with Gasteiger partial charge in [0.2, 0.25) is 16.1 Å². The topological polar surface area (TPSA) is 84.9 Å². The number of carbonyl (C=O) groups excluding carboxylic acids is 1. The van der Waals surface area contributed by atoms with Crippen LogP contribution in [-0.4, -0.2) is 45.0 Å². The maximum atomic E-state index is 12.8. The number of sulfonamides is 1. The van der Waals surface area contributed by atoms with Gasteiger partial charge in [-0.15, -0.1) is 0 Å². The van der Waals surface area contributed by atoms with Crippen molar-refractivity contribution >= 4 is 15.9 Å². The van der Waals surface area contributed by atoms with E-state index in [-0.39, 0.29) is 24.0 Å². The lowest BCUT2D eigenvalue weighted by Crippen LogP contribution is -2.46. The van der Waals surface area contributed by atoms with E-state index in [1.54, 1.807) is 6.07 Å². The summed E-state index contributed by atoms with van der Waals surface area (Å²) >= 11 is 0. The van der Waals surface area contributed by atoms with E-state index in [0.29, 0.717) is 11.5 Å². The first-order valence-corrected chi connectivity index (χ1v) is 12.2. The maximum Gasteiger partial charge on any atom is 0.267 e. The summed E-state index contributed by atoms with van der Waals surface area (Å²) in [5.41, 5.74) is 1.94. The van der Waals surface area contributed by atoms with Crippen molar-refractivity contribution in [3.05, 3.63) is 53.6 Å². The Morgan fingerprint density at radius 2 is 1.81 bits per heavy atom. The van der Waals surface area contributed by atoms with Crippen molar-refractivity contribution in [1.82, 2.24) is 9.62 Å². The van der Waals surface area contributed by atoms with Gasteiger partial charge >= 0.3 is 0 Å². The highest BCUT2D eigenvalue weighted by atomic mass is 32.2. The fourth-order valence-electron chi connectivity index (χ4n) is 3.90. The molecule has 2 aliphatic heterocycles. The van der Waals surface area contributed by atoms with E-state index in [4.69, 9.17) is 9.47 Å². The van der Waals surface area contributed by atoms with Crippen LogP contribution >= 0.6 is 0 Å². The minimum absolute atomic E-state index is 0.0656. The Morgan fingerprint density at radius 3 is 2.55 bits per heavy atom. The van der Waals surface area contributed by atoms with Gasteiger partial charge in [0.25, 0.3) is 5.91 Å². The predicted molar refractivity (Wildman–Crippen MR) is 117 cm³/mol. The normalized spacial score (nSPS) is 19.0.